The van der Waals surface area contributed by atoms with Gasteiger partial charge in [-0.25, -0.2) is 0 Å². The van der Waals surface area contributed by atoms with Crippen molar-refractivity contribution in [2.45, 2.75) is 32.9 Å². The molecule has 0 spiro atoms. The number of hydrogen-bond donors (Lipinski definition) is 1. The first-order valence-corrected chi connectivity index (χ1v) is 6.27. The van der Waals surface area contributed by atoms with Crippen LogP contribution in [-0.4, -0.2) is 18.1 Å². The number of hydrazone groups is 1. The van der Waals surface area contributed by atoms with Crippen molar-refractivity contribution in [3.8, 4) is 0 Å². The smallest absolute Gasteiger partial charge is 0.139 e. The summed E-state index contributed by atoms with van der Waals surface area (Å²) in [4.78, 5) is 4.61. The quantitative estimate of drug-likeness (QED) is 0.452. The molecule has 1 aliphatic carbocycles. The van der Waals surface area contributed by atoms with Crippen LogP contribution in [0.3, 0.4) is 0 Å². The van der Waals surface area contributed by atoms with E-state index in [0.29, 0.717) is 17.8 Å². The van der Waals surface area contributed by atoms with Crippen LogP contribution in [-0.2, 0) is 0 Å². The Hall–Kier alpha value is -1.38. The molecule has 1 aliphatic heterocycles. The monoisotopic (exact) mass is 231 g/mol. The molecule has 3 nitrogen and oxygen atoms in total. The van der Waals surface area contributed by atoms with E-state index in [1.807, 2.05) is 6.92 Å². The van der Waals surface area contributed by atoms with Crippen LogP contribution in [0.4, 0.5) is 0 Å². The van der Waals surface area contributed by atoms with E-state index in [-0.39, 0.29) is 6.17 Å². The predicted octanol–water partition coefficient (Wildman–Crippen LogP) is 2.77. The minimum Gasteiger partial charge on any atom is -0.285 e. The molecule has 0 saturated heterocycles. The van der Waals surface area contributed by atoms with Crippen molar-refractivity contribution in [2.24, 2.45) is 27.8 Å². The van der Waals surface area contributed by atoms with Gasteiger partial charge in [0.1, 0.15) is 6.17 Å². The lowest BCUT2D eigenvalue weighted by Gasteiger charge is -2.36. The second kappa shape index (κ2) is 4.86. The number of aliphatic imine (C=N–C) groups is 1. The lowest BCUT2D eigenvalue weighted by atomic mass is 9.68. The highest BCUT2D eigenvalue weighted by atomic mass is 15.4. The molecule has 4 atom stereocenters. The summed E-state index contributed by atoms with van der Waals surface area (Å²) >= 11 is 0. The highest BCUT2D eigenvalue weighted by Gasteiger charge is 2.37. The minimum absolute atomic E-state index is 0.0167. The highest BCUT2D eigenvalue weighted by molar-refractivity contribution is 5.91. The van der Waals surface area contributed by atoms with Crippen LogP contribution in [0.15, 0.2) is 34.9 Å². The first kappa shape index (κ1) is 12.1. The van der Waals surface area contributed by atoms with Gasteiger partial charge in [0.2, 0.25) is 0 Å². The zero-order chi connectivity index (χ0) is 12.4. The summed E-state index contributed by atoms with van der Waals surface area (Å²) in [5.74, 6) is 1.59. The Kier molecular flexibility index (Phi) is 3.46. The molecule has 92 valence electrons. The lowest BCUT2D eigenvalue weighted by molar-refractivity contribution is 0.277. The van der Waals surface area contributed by atoms with Crippen LogP contribution in [0.1, 0.15) is 26.7 Å². The second-order valence-electron chi connectivity index (χ2n) is 5.04. The average molecular weight is 231 g/mol. The van der Waals surface area contributed by atoms with Gasteiger partial charge in [0.25, 0.3) is 0 Å². The zero-order valence-corrected chi connectivity index (χ0v) is 10.7. The summed E-state index contributed by atoms with van der Waals surface area (Å²) in [6.45, 7) is 12.0. The third-order valence-electron chi connectivity index (χ3n) is 3.97. The first-order chi connectivity index (χ1) is 8.13. The topological polar surface area (TPSA) is 36.8 Å². The van der Waals surface area contributed by atoms with Gasteiger partial charge < -0.3 is 0 Å². The maximum Gasteiger partial charge on any atom is 0.139 e. The Morgan fingerprint density at radius 1 is 1.59 bits per heavy atom. The van der Waals surface area contributed by atoms with E-state index in [1.165, 1.54) is 18.4 Å². The number of allylic oxidation sites excluding steroid dienone is 1. The zero-order valence-electron chi connectivity index (χ0n) is 10.7. The van der Waals surface area contributed by atoms with Gasteiger partial charge in [-0.2, -0.15) is 5.10 Å². The van der Waals surface area contributed by atoms with Crippen LogP contribution in [0.5, 0.6) is 0 Å². The largest absolute Gasteiger partial charge is 0.285 e. The van der Waals surface area contributed by atoms with Crippen molar-refractivity contribution in [1.29, 1.82) is 0 Å². The first-order valence-electron chi connectivity index (χ1n) is 6.27. The molecule has 1 heterocycles. The summed E-state index contributed by atoms with van der Waals surface area (Å²) in [5.41, 5.74) is 5.32. The van der Waals surface area contributed by atoms with E-state index in [1.54, 1.807) is 6.08 Å². The molecular formula is C14H21N3. The summed E-state index contributed by atoms with van der Waals surface area (Å²) in [7, 11) is 0. The van der Waals surface area contributed by atoms with Crippen molar-refractivity contribution in [1.82, 2.24) is 5.43 Å². The average Bonchev–Trinajstić information content (AvgIpc) is 2.36. The minimum atomic E-state index is 0.0167. The summed E-state index contributed by atoms with van der Waals surface area (Å²) in [5, 5.41) is 4.26. The molecule has 0 radical (unpaired) electrons. The number of nitrogens with one attached hydrogen (secondary N) is 1. The third kappa shape index (κ3) is 2.33. The molecule has 0 aromatic carbocycles. The molecule has 17 heavy (non-hydrogen) atoms. The maximum atomic E-state index is 4.61. The molecule has 1 saturated carbocycles. The Balaban J connectivity index is 2.08. The van der Waals surface area contributed by atoms with Gasteiger partial charge in [-0.3, -0.25) is 10.4 Å². The Morgan fingerprint density at radius 3 is 2.94 bits per heavy atom. The van der Waals surface area contributed by atoms with Gasteiger partial charge in [-0.15, -0.1) is 0 Å². The van der Waals surface area contributed by atoms with Gasteiger partial charge >= 0.3 is 0 Å². The number of rotatable bonds is 3. The van der Waals surface area contributed by atoms with E-state index >= 15 is 0 Å². The molecule has 0 aromatic rings. The molecule has 2 rings (SSSR count). The summed E-state index contributed by atoms with van der Waals surface area (Å²) in [6, 6.07) is 0. The van der Waals surface area contributed by atoms with Crippen LogP contribution < -0.4 is 5.43 Å². The maximum absolute atomic E-state index is 4.61. The van der Waals surface area contributed by atoms with Crippen LogP contribution in [0.2, 0.25) is 0 Å². The van der Waals surface area contributed by atoms with Crippen LogP contribution in [0.25, 0.3) is 0 Å². The van der Waals surface area contributed by atoms with Crippen LogP contribution >= 0.6 is 0 Å². The van der Waals surface area contributed by atoms with Gasteiger partial charge in [-0.1, -0.05) is 25.7 Å². The third-order valence-corrected chi connectivity index (χ3v) is 3.97. The van der Waals surface area contributed by atoms with Crippen molar-refractivity contribution >= 4 is 11.9 Å². The lowest BCUT2D eigenvalue weighted by Crippen LogP contribution is -2.33. The fourth-order valence-corrected chi connectivity index (χ4v) is 2.40. The van der Waals surface area contributed by atoms with E-state index < -0.39 is 0 Å². The van der Waals surface area contributed by atoms with Gasteiger partial charge in [-0.05, 0) is 31.8 Å². The van der Waals surface area contributed by atoms with Gasteiger partial charge in [0.05, 0.1) is 5.71 Å². The fourth-order valence-electron chi connectivity index (χ4n) is 2.40. The standard InChI is InChI=1S/C14H21N3/c1-5-9(2)16-17-14-11(4)10(3)13-7-6-12(13)8-15-14/h5,8,11-14,17H,1,3,6-7H2,2,4H3/b16-9-/t11-,12-,13+,14-/m0/s1. The van der Waals surface area contributed by atoms with Crippen LogP contribution in [0, 0.1) is 17.8 Å². The Labute approximate surface area is 103 Å². The number of hydrogen-bond acceptors (Lipinski definition) is 3. The van der Waals surface area contributed by atoms with Gasteiger partial charge in [0.15, 0.2) is 0 Å². The molecule has 0 aromatic heterocycles. The van der Waals surface area contributed by atoms with E-state index in [0.717, 1.165) is 5.71 Å². The molecule has 0 bridgehead atoms. The number of nitrogens with zero attached hydrogens (tertiary/aromatic N) is 2. The van der Waals surface area contributed by atoms with Crippen molar-refractivity contribution in [2.75, 3.05) is 0 Å². The molecule has 3 heteroatoms. The van der Waals surface area contributed by atoms with E-state index in [2.05, 4.69) is 41.8 Å². The van der Waals surface area contributed by atoms with E-state index in [9.17, 15) is 0 Å². The van der Waals surface area contributed by atoms with Crippen molar-refractivity contribution in [3.63, 3.8) is 0 Å². The van der Waals surface area contributed by atoms with Gasteiger partial charge in [0, 0.05) is 18.1 Å². The Bertz CT molecular complexity index is 381. The molecule has 0 amide bonds. The van der Waals surface area contributed by atoms with Crippen molar-refractivity contribution < 1.29 is 0 Å². The molecular weight excluding hydrogens is 210 g/mol. The fraction of sp³-hybridized carbons (Fsp3) is 0.571. The summed E-state index contributed by atoms with van der Waals surface area (Å²) < 4.78 is 0. The van der Waals surface area contributed by atoms with E-state index in [4.69, 9.17) is 0 Å². The highest BCUT2D eigenvalue weighted by Crippen LogP contribution is 2.43. The SMILES string of the molecule is C=C/C(C)=N\N[C@@H]1N=C[C@@H]2CC[C@@H]2C(=C)[C@@H]1C. The molecule has 1 fully saturated rings. The molecule has 1 N–H and O–H groups in total. The normalized spacial score (nSPS) is 36.8. The molecule has 2 aliphatic rings. The van der Waals surface area contributed by atoms with Crippen molar-refractivity contribution in [3.05, 3.63) is 24.8 Å². The summed E-state index contributed by atoms with van der Waals surface area (Å²) in [6.07, 6.45) is 6.36. The Morgan fingerprint density at radius 2 is 2.35 bits per heavy atom. The number of fused-ring (bicyclic) bond motifs is 1. The second-order valence-corrected chi connectivity index (χ2v) is 5.04. The molecule has 0 unspecified atom stereocenters. The predicted molar refractivity (Wildman–Crippen MR) is 73.2 cm³/mol.